The maximum Gasteiger partial charge on any atom is 0.243 e. The van der Waals surface area contributed by atoms with Gasteiger partial charge in [-0.2, -0.15) is 0 Å². The fourth-order valence-corrected chi connectivity index (χ4v) is 4.23. The highest BCUT2D eigenvalue weighted by molar-refractivity contribution is 7.89. The Kier molecular flexibility index (Phi) is 4.93. The fourth-order valence-electron chi connectivity index (χ4n) is 2.88. The van der Waals surface area contributed by atoms with Crippen molar-refractivity contribution in [2.24, 2.45) is 0 Å². The number of nitrogens with zero attached hydrogens (tertiary/aromatic N) is 1. The lowest BCUT2D eigenvalue weighted by molar-refractivity contribution is 0.324. The van der Waals surface area contributed by atoms with E-state index in [2.05, 4.69) is 9.62 Å². The van der Waals surface area contributed by atoms with Crippen molar-refractivity contribution < 1.29 is 17.2 Å². The minimum absolute atomic E-state index is 0.318. The monoisotopic (exact) mass is 352 g/mol. The second-order valence-electron chi connectivity index (χ2n) is 5.90. The van der Waals surface area contributed by atoms with E-state index in [1.165, 1.54) is 0 Å². The molecule has 0 radical (unpaired) electrons. The third kappa shape index (κ3) is 3.98. The minimum Gasteiger partial charge on any atom is -0.297 e. The number of hydrogen-bond acceptors (Lipinski definition) is 3. The molecular weight excluding hydrogens is 334 g/mol. The molecule has 24 heavy (non-hydrogen) atoms. The highest BCUT2D eigenvalue weighted by atomic mass is 32.2. The SMILES string of the molecule is O=S(=O)(NC1CCN(Cc2ccccc2)C1)c1cc(F)ccc1F. The molecule has 1 heterocycles. The molecule has 0 saturated carbocycles. The highest BCUT2D eigenvalue weighted by Gasteiger charge is 2.29. The smallest absolute Gasteiger partial charge is 0.243 e. The van der Waals surface area contributed by atoms with Crippen LogP contribution in [0.15, 0.2) is 53.4 Å². The third-order valence-corrected chi connectivity index (χ3v) is 5.56. The van der Waals surface area contributed by atoms with Crippen molar-refractivity contribution in [1.82, 2.24) is 9.62 Å². The molecule has 1 N–H and O–H groups in total. The first-order valence-corrected chi connectivity index (χ1v) is 9.16. The molecule has 2 aromatic carbocycles. The summed E-state index contributed by atoms with van der Waals surface area (Å²) in [5, 5.41) is 0. The standard InChI is InChI=1S/C17H18F2N2O2S/c18-14-6-7-16(19)17(10-14)24(22,23)20-15-8-9-21(12-15)11-13-4-2-1-3-5-13/h1-7,10,15,20H,8-9,11-12H2. The zero-order chi connectivity index (χ0) is 17.2. The molecule has 1 unspecified atom stereocenters. The number of nitrogens with one attached hydrogen (secondary N) is 1. The Morgan fingerprint density at radius 1 is 1.12 bits per heavy atom. The summed E-state index contributed by atoms with van der Waals surface area (Å²) < 4.78 is 54.0. The summed E-state index contributed by atoms with van der Waals surface area (Å²) in [4.78, 5) is 1.48. The lowest BCUT2D eigenvalue weighted by Crippen LogP contribution is -2.37. The van der Waals surface area contributed by atoms with Gasteiger partial charge in [0.05, 0.1) is 0 Å². The van der Waals surface area contributed by atoms with Crippen molar-refractivity contribution in [1.29, 1.82) is 0 Å². The van der Waals surface area contributed by atoms with Gasteiger partial charge < -0.3 is 0 Å². The van der Waals surface area contributed by atoms with E-state index >= 15 is 0 Å². The van der Waals surface area contributed by atoms with Gasteiger partial charge in [-0.25, -0.2) is 21.9 Å². The van der Waals surface area contributed by atoms with Crippen LogP contribution < -0.4 is 4.72 Å². The number of sulfonamides is 1. The molecule has 1 aliphatic heterocycles. The Morgan fingerprint density at radius 2 is 1.88 bits per heavy atom. The van der Waals surface area contributed by atoms with Gasteiger partial charge in [-0.1, -0.05) is 30.3 Å². The molecular formula is C17H18F2N2O2S. The maximum atomic E-state index is 13.7. The number of rotatable bonds is 5. The average Bonchev–Trinajstić information content (AvgIpc) is 2.97. The van der Waals surface area contributed by atoms with Crippen molar-refractivity contribution in [3.8, 4) is 0 Å². The lowest BCUT2D eigenvalue weighted by atomic mass is 10.2. The van der Waals surface area contributed by atoms with Crippen LogP contribution in [-0.4, -0.2) is 32.4 Å². The van der Waals surface area contributed by atoms with Crippen molar-refractivity contribution in [3.63, 3.8) is 0 Å². The molecule has 128 valence electrons. The van der Waals surface area contributed by atoms with Crippen LogP contribution in [0.2, 0.25) is 0 Å². The average molecular weight is 352 g/mol. The predicted molar refractivity (Wildman–Crippen MR) is 86.8 cm³/mol. The van der Waals surface area contributed by atoms with Crippen molar-refractivity contribution in [2.75, 3.05) is 13.1 Å². The van der Waals surface area contributed by atoms with Crippen LogP contribution in [0, 0.1) is 11.6 Å². The molecule has 0 aliphatic carbocycles. The molecule has 0 aromatic heterocycles. The Morgan fingerprint density at radius 3 is 2.62 bits per heavy atom. The molecule has 7 heteroatoms. The van der Waals surface area contributed by atoms with E-state index in [9.17, 15) is 17.2 Å². The van der Waals surface area contributed by atoms with Gasteiger partial charge in [0.25, 0.3) is 0 Å². The van der Waals surface area contributed by atoms with Crippen LogP contribution in [0.25, 0.3) is 0 Å². The Balaban J connectivity index is 1.65. The zero-order valence-corrected chi connectivity index (χ0v) is 13.8. The first-order chi connectivity index (χ1) is 11.4. The number of benzene rings is 2. The topological polar surface area (TPSA) is 49.4 Å². The molecule has 1 saturated heterocycles. The van der Waals surface area contributed by atoms with Crippen LogP contribution in [0.4, 0.5) is 8.78 Å². The summed E-state index contributed by atoms with van der Waals surface area (Å²) in [5.41, 5.74) is 1.15. The van der Waals surface area contributed by atoms with Gasteiger partial charge in [0.15, 0.2) is 0 Å². The fraction of sp³-hybridized carbons (Fsp3) is 0.294. The molecule has 4 nitrogen and oxygen atoms in total. The van der Waals surface area contributed by atoms with Crippen molar-refractivity contribution in [3.05, 3.63) is 65.7 Å². The molecule has 1 aliphatic rings. The Bertz CT molecular complexity index is 813. The number of likely N-dealkylation sites (tertiary alicyclic amines) is 1. The van der Waals surface area contributed by atoms with E-state index in [0.29, 0.717) is 19.0 Å². The van der Waals surface area contributed by atoms with E-state index in [4.69, 9.17) is 0 Å². The minimum atomic E-state index is -4.08. The first-order valence-electron chi connectivity index (χ1n) is 7.68. The summed E-state index contributed by atoms with van der Waals surface area (Å²) in [6, 6.07) is 12.0. The van der Waals surface area contributed by atoms with Gasteiger partial charge in [-0.05, 0) is 30.2 Å². The van der Waals surface area contributed by atoms with E-state index in [-0.39, 0.29) is 6.04 Å². The van der Waals surface area contributed by atoms with Crippen molar-refractivity contribution >= 4 is 10.0 Å². The highest BCUT2D eigenvalue weighted by Crippen LogP contribution is 2.19. The van der Waals surface area contributed by atoms with Crippen LogP contribution in [0.5, 0.6) is 0 Å². The normalized spacial score (nSPS) is 18.8. The van der Waals surface area contributed by atoms with Gasteiger partial charge in [0.2, 0.25) is 10.0 Å². The van der Waals surface area contributed by atoms with Gasteiger partial charge in [-0.3, -0.25) is 4.90 Å². The van der Waals surface area contributed by atoms with Crippen LogP contribution >= 0.6 is 0 Å². The molecule has 2 aromatic rings. The molecule has 1 atom stereocenters. The summed E-state index contributed by atoms with van der Waals surface area (Å²) >= 11 is 0. The predicted octanol–water partition coefficient (Wildman–Crippen LogP) is 2.52. The molecule has 0 spiro atoms. The summed E-state index contributed by atoms with van der Waals surface area (Å²) in [7, 11) is -4.08. The van der Waals surface area contributed by atoms with E-state index in [0.717, 1.165) is 30.8 Å². The van der Waals surface area contributed by atoms with Gasteiger partial charge in [0, 0.05) is 25.7 Å². The molecule has 0 bridgehead atoms. The number of hydrogen-bond donors (Lipinski definition) is 1. The largest absolute Gasteiger partial charge is 0.297 e. The molecule has 0 amide bonds. The second-order valence-corrected chi connectivity index (χ2v) is 7.58. The van der Waals surface area contributed by atoms with Crippen LogP contribution in [-0.2, 0) is 16.6 Å². The summed E-state index contributed by atoms with van der Waals surface area (Å²) in [6.07, 6.45) is 0.628. The number of halogens is 2. The third-order valence-electron chi connectivity index (χ3n) is 4.03. The van der Waals surface area contributed by atoms with Gasteiger partial charge >= 0.3 is 0 Å². The Hall–Kier alpha value is -1.83. The van der Waals surface area contributed by atoms with E-state index in [1.807, 2.05) is 30.3 Å². The van der Waals surface area contributed by atoms with Crippen LogP contribution in [0.3, 0.4) is 0 Å². The lowest BCUT2D eigenvalue weighted by Gasteiger charge is -2.17. The van der Waals surface area contributed by atoms with Gasteiger partial charge in [0.1, 0.15) is 16.5 Å². The second kappa shape index (κ2) is 6.96. The Labute approximate surface area is 140 Å². The molecule has 3 rings (SSSR count). The zero-order valence-electron chi connectivity index (χ0n) is 13.0. The van der Waals surface area contributed by atoms with E-state index < -0.39 is 26.6 Å². The first kappa shape index (κ1) is 17.0. The van der Waals surface area contributed by atoms with Gasteiger partial charge in [-0.15, -0.1) is 0 Å². The summed E-state index contributed by atoms with van der Waals surface area (Å²) in [6.45, 7) is 2.01. The summed E-state index contributed by atoms with van der Waals surface area (Å²) in [5.74, 6) is -1.74. The van der Waals surface area contributed by atoms with E-state index in [1.54, 1.807) is 0 Å². The van der Waals surface area contributed by atoms with Crippen LogP contribution in [0.1, 0.15) is 12.0 Å². The molecule has 1 fully saturated rings. The quantitative estimate of drug-likeness (QED) is 0.900. The maximum absolute atomic E-state index is 13.7. The van der Waals surface area contributed by atoms with Crippen molar-refractivity contribution in [2.45, 2.75) is 23.9 Å².